The molecule has 1 heterocycles. The second kappa shape index (κ2) is 11.2. The van der Waals surface area contributed by atoms with Gasteiger partial charge in [-0.15, -0.1) is 0 Å². The Morgan fingerprint density at radius 3 is 1.40 bits per heavy atom. The first-order chi connectivity index (χ1) is 26.3. The van der Waals surface area contributed by atoms with Crippen molar-refractivity contribution in [3.63, 3.8) is 0 Å². The molecular formula is C42H26O13. The van der Waals surface area contributed by atoms with Gasteiger partial charge in [-0.3, -0.25) is 0 Å². The lowest BCUT2D eigenvalue weighted by Gasteiger charge is -2.24. The number of benzene rings is 8. The molecule has 8 aromatic carbocycles. The van der Waals surface area contributed by atoms with Gasteiger partial charge in [0.25, 0.3) is 0 Å². The summed E-state index contributed by atoms with van der Waals surface area (Å²) in [5, 5.41) is 136. The molecule has 0 unspecified atom stereocenters. The van der Waals surface area contributed by atoms with E-state index in [-0.39, 0.29) is 27.8 Å². The summed E-state index contributed by atoms with van der Waals surface area (Å²) < 4.78 is 6.30. The molecule has 9 rings (SSSR count). The van der Waals surface area contributed by atoms with E-state index in [1.807, 2.05) is 0 Å². The van der Waals surface area contributed by atoms with Crippen LogP contribution in [0.4, 0.5) is 0 Å². The molecule has 1 aromatic heterocycles. The lowest BCUT2D eigenvalue weighted by Crippen LogP contribution is -1.97. The van der Waals surface area contributed by atoms with Gasteiger partial charge in [-0.05, 0) is 22.4 Å². The average Bonchev–Trinajstić information content (AvgIpc) is 3.58. The van der Waals surface area contributed by atoms with Gasteiger partial charge in [-0.25, -0.2) is 0 Å². The Labute approximate surface area is 306 Å². The lowest BCUT2D eigenvalue weighted by molar-refractivity contribution is 0.330. The van der Waals surface area contributed by atoms with Crippen molar-refractivity contribution in [2.24, 2.45) is 0 Å². The summed E-state index contributed by atoms with van der Waals surface area (Å²) in [5.74, 6) is -14.5. The zero-order chi connectivity index (χ0) is 38.8. The molecule has 13 nitrogen and oxygen atoms in total. The molecule has 0 fully saturated rings. The number of fused-ring (bicyclic) bond motifs is 6. The van der Waals surface area contributed by atoms with Crippen molar-refractivity contribution in [3.05, 3.63) is 84.9 Å². The van der Waals surface area contributed by atoms with E-state index < -0.39 is 102 Å². The maximum atomic E-state index is 12.6. The van der Waals surface area contributed by atoms with Crippen LogP contribution in [0.1, 0.15) is 0 Å². The van der Waals surface area contributed by atoms with Crippen molar-refractivity contribution in [1.29, 1.82) is 0 Å². The minimum Gasteiger partial charge on any atom is -0.506 e. The predicted octanol–water partition coefficient (Wildman–Crippen LogP) is 8.51. The van der Waals surface area contributed by atoms with E-state index in [4.69, 9.17) is 4.42 Å². The Hall–Kier alpha value is -8.06. The molecule has 272 valence electrons. The highest BCUT2D eigenvalue weighted by atomic mass is 16.4. The van der Waals surface area contributed by atoms with E-state index in [9.17, 15) is 61.3 Å². The zero-order valence-electron chi connectivity index (χ0n) is 27.9. The first-order valence-corrected chi connectivity index (χ1v) is 16.5. The van der Waals surface area contributed by atoms with Gasteiger partial charge in [0.1, 0.15) is 16.9 Å². The fraction of sp³-hybridized carbons (Fsp3) is 0. The van der Waals surface area contributed by atoms with Gasteiger partial charge in [0.05, 0.1) is 11.1 Å². The Morgan fingerprint density at radius 1 is 0.291 bits per heavy atom. The maximum Gasteiger partial charge on any atom is 0.208 e. The number of phenols is 12. The fourth-order valence-electron chi connectivity index (χ4n) is 7.72. The van der Waals surface area contributed by atoms with Crippen molar-refractivity contribution in [2.75, 3.05) is 0 Å². The van der Waals surface area contributed by atoms with Crippen LogP contribution in [-0.2, 0) is 0 Å². The van der Waals surface area contributed by atoms with Gasteiger partial charge in [0.15, 0.2) is 34.5 Å². The molecule has 55 heavy (non-hydrogen) atoms. The molecule has 13 heteroatoms. The average molecular weight is 739 g/mol. The van der Waals surface area contributed by atoms with E-state index in [1.165, 1.54) is 6.07 Å². The number of hydrogen-bond donors (Lipinski definition) is 12. The summed E-state index contributed by atoms with van der Waals surface area (Å²) in [7, 11) is 0. The molecule has 9 aromatic rings. The Bertz CT molecular complexity index is 3150. The standard InChI is InChI=1S/C42H26O13/c43-30-23(18-11-5-8-15-7-1-2-9-16(15)18)31(44)32(45)27-24(29-35(48)39(52)41(54)40(53)36(29)49)28-26(33(46)37(50)38(51)34(28)47)22(25(27)30)20-13-6-12-19-17-10-3-4-14-21(17)55-42(19)20/h1-14,43-54H. The smallest absolute Gasteiger partial charge is 0.208 e. The number of aromatic hydroxyl groups is 12. The van der Waals surface area contributed by atoms with Crippen LogP contribution in [0.25, 0.3) is 87.6 Å². The Kier molecular flexibility index (Phi) is 6.69. The first kappa shape index (κ1) is 32.8. The predicted molar refractivity (Wildman–Crippen MR) is 203 cm³/mol. The topological polar surface area (TPSA) is 256 Å². The molecule has 0 aliphatic heterocycles. The highest BCUT2D eigenvalue weighted by molar-refractivity contribution is 6.32. The lowest BCUT2D eigenvalue weighted by atomic mass is 9.81. The van der Waals surface area contributed by atoms with Gasteiger partial charge >= 0.3 is 0 Å². The fourth-order valence-corrected chi connectivity index (χ4v) is 7.72. The molecule has 0 saturated carbocycles. The van der Waals surface area contributed by atoms with Crippen molar-refractivity contribution in [1.82, 2.24) is 0 Å². The number of furan rings is 1. The molecule has 0 aliphatic rings. The number of rotatable bonds is 3. The van der Waals surface area contributed by atoms with Crippen LogP contribution < -0.4 is 0 Å². The van der Waals surface area contributed by atoms with Gasteiger partial charge < -0.3 is 65.7 Å². The summed E-state index contributed by atoms with van der Waals surface area (Å²) in [6, 6.07) is 23.8. The molecule has 12 N–H and O–H groups in total. The minimum absolute atomic E-state index is 0.0733. The van der Waals surface area contributed by atoms with Crippen LogP contribution in [0.3, 0.4) is 0 Å². The monoisotopic (exact) mass is 738 g/mol. The van der Waals surface area contributed by atoms with E-state index in [2.05, 4.69) is 0 Å². The Morgan fingerprint density at radius 2 is 0.727 bits per heavy atom. The van der Waals surface area contributed by atoms with Gasteiger partial charge in [-0.2, -0.15) is 0 Å². The van der Waals surface area contributed by atoms with Crippen LogP contribution >= 0.6 is 0 Å². The van der Waals surface area contributed by atoms with Crippen LogP contribution in [0.15, 0.2) is 89.3 Å². The largest absolute Gasteiger partial charge is 0.506 e. The third-order valence-electron chi connectivity index (χ3n) is 10.2. The summed E-state index contributed by atoms with van der Waals surface area (Å²) >= 11 is 0. The summed E-state index contributed by atoms with van der Waals surface area (Å²) in [6.45, 7) is 0. The third kappa shape index (κ3) is 4.16. The van der Waals surface area contributed by atoms with Gasteiger partial charge in [-0.1, -0.05) is 78.9 Å². The number of phenolic OH excluding ortho intramolecular Hbond substituents is 12. The molecular weight excluding hydrogens is 712 g/mol. The zero-order valence-corrected chi connectivity index (χ0v) is 27.9. The number of para-hydroxylation sites is 2. The summed E-state index contributed by atoms with van der Waals surface area (Å²) in [6.07, 6.45) is 0. The van der Waals surface area contributed by atoms with Crippen LogP contribution in [-0.4, -0.2) is 61.3 Å². The molecule has 0 amide bonds. The summed E-state index contributed by atoms with van der Waals surface area (Å²) in [4.78, 5) is 0. The third-order valence-corrected chi connectivity index (χ3v) is 10.2. The summed E-state index contributed by atoms with van der Waals surface area (Å²) in [5.41, 5.74) is -1.55. The molecule has 0 radical (unpaired) electrons. The molecule has 0 atom stereocenters. The minimum atomic E-state index is -1.38. The Balaban J connectivity index is 1.64. The quantitative estimate of drug-likeness (QED) is 0.0462. The maximum absolute atomic E-state index is 12.6. The van der Waals surface area contributed by atoms with E-state index >= 15 is 0 Å². The van der Waals surface area contributed by atoms with Crippen molar-refractivity contribution >= 4 is 54.3 Å². The second-order valence-corrected chi connectivity index (χ2v) is 13.0. The van der Waals surface area contributed by atoms with E-state index in [0.717, 1.165) is 0 Å². The van der Waals surface area contributed by atoms with Crippen LogP contribution in [0, 0.1) is 0 Å². The van der Waals surface area contributed by atoms with Crippen molar-refractivity contribution in [2.45, 2.75) is 0 Å². The number of hydrogen-bond acceptors (Lipinski definition) is 13. The highest BCUT2D eigenvalue weighted by Gasteiger charge is 2.37. The van der Waals surface area contributed by atoms with Crippen LogP contribution in [0.5, 0.6) is 69.0 Å². The van der Waals surface area contributed by atoms with E-state index in [1.54, 1.807) is 78.9 Å². The highest BCUT2D eigenvalue weighted by Crippen LogP contribution is 2.66. The second-order valence-electron chi connectivity index (χ2n) is 13.0. The van der Waals surface area contributed by atoms with E-state index in [0.29, 0.717) is 27.1 Å². The molecule has 0 saturated heterocycles. The van der Waals surface area contributed by atoms with Gasteiger partial charge in [0.2, 0.25) is 28.7 Å². The van der Waals surface area contributed by atoms with Crippen LogP contribution in [0.2, 0.25) is 0 Å². The molecule has 0 spiro atoms. The molecule has 0 bridgehead atoms. The molecule has 0 aliphatic carbocycles. The van der Waals surface area contributed by atoms with Gasteiger partial charge in [0, 0.05) is 49.0 Å². The first-order valence-electron chi connectivity index (χ1n) is 16.5. The van der Waals surface area contributed by atoms with Crippen molar-refractivity contribution < 1.29 is 65.7 Å². The normalized spacial score (nSPS) is 11.8. The SMILES string of the molecule is Oc1c(O)c(O)c(-c2c3c(O)c(O)c(O)c(O)c3c(-c3cccc4c3oc3ccccc34)c3c(O)c(-c4cccc5ccccc45)c(O)c(O)c23)c(O)c1O. The van der Waals surface area contributed by atoms with Crippen molar-refractivity contribution in [3.8, 4) is 102 Å².